The third kappa shape index (κ3) is 2.96. The van der Waals surface area contributed by atoms with E-state index in [9.17, 15) is 0 Å². The predicted octanol–water partition coefficient (Wildman–Crippen LogP) is 1.66. The van der Waals surface area contributed by atoms with Crippen LogP contribution in [0.1, 0.15) is 45.4 Å². The summed E-state index contributed by atoms with van der Waals surface area (Å²) < 4.78 is 5.47. The SMILES string of the molecule is CC1(CNC2CCCCCC2)COCC1N. The first-order valence-electron chi connectivity index (χ1n) is 6.77. The first-order chi connectivity index (χ1) is 7.71. The predicted molar refractivity (Wildman–Crippen MR) is 66.4 cm³/mol. The standard InChI is InChI=1S/C13H26N2O/c1-13(10-16-8-12(13)14)9-15-11-6-4-2-3-5-7-11/h11-12,15H,2-10,14H2,1H3. The summed E-state index contributed by atoms with van der Waals surface area (Å²) in [6.45, 7) is 4.80. The molecular weight excluding hydrogens is 200 g/mol. The molecule has 0 amide bonds. The molecule has 0 aromatic rings. The minimum atomic E-state index is 0.145. The zero-order valence-electron chi connectivity index (χ0n) is 10.5. The number of hydrogen-bond acceptors (Lipinski definition) is 3. The number of ether oxygens (including phenoxy) is 1. The van der Waals surface area contributed by atoms with Gasteiger partial charge >= 0.3 is 0 Å². The van der Waals surface area contributed by atoms with Gasteiger partial charge in [-0.3, -0.25) is 0 Å². The molecule has 2 aliphatic rings. The van der Waals surface area contributed by atoms with Crippen LogP contribution in [-0.2, 0) is 4.74 Å². The van der Waals surface area contributed by atoms with Gasteiger partial charge in [0.15, 0.2) is 0 Å². The van der Waals surface area contributed by atoms with Crippen LogP contribution in [0.25, 0.3) is 0 Å². The van der Waals surface area contributed by atoms with Gasteiger partial charge < -0.3 is 15.8 Å². The van der Waals surface area contributed by atoms with Crippen molar-refractivity contribution in [1.82, 2.24) is 5.32 Å². The van der Waals surface area contributed by atoms with Crippen molar-refractivity contribution in [3.63, 3.8) is 0 Å². The van der Waals surface area contributed by atoms with E-state index in [0.717, 1.165) is 19.8 Å². The Morgan fingerprint density at radius 1 is 1.25 bits per heavy atom. The maximum Gasteiger partial charge on any atom is 0.0624 e. The van der Waals surface area contributed by atoms with Crippen LogP contribution >= 0.6 is 0 Å². The molecule has 94 valence electrons. The minimum absolute atomic E-state index is 0.145. The Bertz CT molecular complexity index is 214. The normalized spacial score (nSPS) is 37.5. The van der Waals surface area contributed by atoms with Crippen LogP contribution in [0.5, 0.6) is 0 Å². The maximum atomic E-state index is 6.09. The lowest BCUT2D eigenvalue weighted by Crippen LogP contribution is -2.47. The Kier molecular flexibility index (Phi) is 4.22. The van der Waals surface area contributed by atoms with Gasteiger partial charge in [-0.15, -0.1) is 0 Å². The van der Waals surface area contributed by atoms with Gasteiger partial charge in [-0.05, 0) is 12.8 Å². The summed E-state index contributed by atoms with van der Waals surface area (Å²) in [5, 5.41) is 3.71. The fourth-order valence-electron chi connectivity index (χ4n) is 2.77. The van der Waals surface area contributed by atoms with Crippen LogP contribution in [0.4, 0.5) is 0 Å². The van der Waals surface area contributed by atoms with Crippen molar-refractivity contribution >= 4 is 0 Å². The fraction of sp³-hybridized carbons (Fsp3) is 1.00. The molecule has 0 aromatic heterocycles. The molecule has 3 N–H and O–H groups in total. The summed E-state index contributed by atoms with van der Waals surface area (Å²) in [6.07, 6.45) is 8.28. The molecule has 2 fully saturated rings. The summed E-state index contributed by atoms with van der Waals surface area (Å²) in [4.78, 5) is 0. The van der Waals surface area contributed by atoms with Crippen LogP contribution in [0, 0.1) is 5.41 Å². The number of hydrogen-bond donors (Lipinski definition) is 2. The Labute approximate surface area is 99.1 Å². The van der Waals surface area contributed by atoms with E-state index in [1.54, 1.807) is 0 Å². The summed E-state index contributed by atoms with van der Waals surface area (Å²) >= 11 is 0. The molecule has 0 radical (unpaired) electrons. The lowest BCUT2D eigenvalue weighted by atomic mass is 9.85. The minimum Gasteiger partial charge on any atom is -0.379 e. The molecule has 3 nitrogen and oxygen atoms in total. The van der Waals surface area contributed by atoms with E-state index >= 15 is 0 Å². The summed E-state index contributed by atoms with van der Waals surface area (Å²) in [7, 11) is 0. The number of nitrogens with two attached hydrogens (primary N) is 1. The summed E-state index contributed by atoms with van der Waals surface area (Å²) in [5.74, 6) is 0. The highest BCUT2D eigenvalue weighted by atomic mass is 16.5. The van der Waals surface area contributed by atoms with Crippen molar-refractivity contribution in [3.8, 4) is 0 Å². The average molecular weight is 226 g/mol. The van der Waals surface area contributed by atoms with Crippen LogP contribution in [0.15, 0.2) is 0 Å². The smallest absolute Gasteiger partial charge is 0.0624 e. The van der Waals surface area contributed by atoms with Gasteiger partial charge in [-0.25, -0.2) is 0 Å². The third-order valence-corrected chi connectivity index (χ3v) is 4.27. The van der Waals surface area contributed by atoms with Crippen molar-refractivity contribution < 1.29 is 4.74 Å². The molecule has 2 unspecified atom stereocenters. The molecule has 1 heterocycles. The van der Waals surface area contributed by atoms with Gasteiger partial charge in [0.05, 0.1) is 13.2 Å². The first kappa shape index (κ1) is 12.3. The van der Waals surface area contributed by atoms with Gasteiger partial charge in [-0.1, -0.05) is 32.6 Å². The van der Waals surface area contributed by atoms with E-state index < -0.39 is 0 Å². The Balaban J connectivity index is 1.77. The molecule has 1 saturated carbocycles. The highest BCUT2D eigenvalue weighted by Gasteiger charge is 2.37. The number of nitrogens with one attached hydrogen (secondary N) is 1. The fourth-order valence-corrected chi connectivity index (χ4v) is 2.77. The van der Waals surface area contributed by atoms with E-state index in [2.05, 4.69) is 12.2 Å². The molecule has 2 atom stereocenters. The first-order valence-corrected chi connectivity index (χ1v) is 6.77. The third-order valence-electron chi connectivity index (χ3n) is 4.27. The van der Waals surface area contributed by atoms with Gasteiger partial charge in [0.2, 0.25) is 0 Å². The molecular formula is C13H26N2O. The lowest BCUT2D eigenvalue weighted by Gasteiger charge is -2.29. The molecule has 0 bridgehead atoms. The van der Waals surface area contributed by atoms with Crippen molar-refractivity contribution in [2.24, 2.45) is 11.1 Å². The maximum absolute atomic E-state index is 6.09. The molecule has 0 aromatic carbocycles. The van der Waals surface area contributed by atoms with Crippen LogP contribution < -0.4 is 11.1 Å². The topological polar surface area (TPSA) is 47.3 Å². The highest BCUT2D eigenvalue weighted by molar-refractivity contribution is 4.92. The Hall–Kier alpha value is -0.120. The Morgan fingerprint density at radius 2 is 1.94 bits per heavy atom. The van der Waals surface area contributed by atoms with E-state index in [0.29, 0.717) is 6.04 Å². The molecule has 2 rings (SSSR count). The zero-order valence-corrected chi connectivity index (χ0v) is 10.5. The van der Waals surface area contributed by atoms with Gasteiger partial charge in [-0.2, -0.15) is 0 Å². The number of rotatable bonds is 3. The van der Waals surface area contributed by atoms with Crippen molar-refractivity contribution in [2.45, 2.75) is 57.5 Å². The molecule has 1 saturated heterocycles. The second kappa shape index (κ2) is 5.48. The van der Waals surface area contributed by atoms with Gasteiger partial charge in [0.1, 0.15) is 0 Å². The summed E-state index contributed by atoms with van der Waals surface area (Å²) in [5.41, 5.74) is 6.24. The second-order valence-electron chi connectivity index (χ2n) is 5.85. The van der Waals surface area contributed by atoms with Crippen molar-refractivity contribution in [2.75, 3.05) is 19.8 Å². The lowest BCUT2D eigenvalue weighted by molar-refractivity contribution is 0.155. The molecule has 1 aliphatic heterocycles. The van der Waals surface area contributed by atoms with Gasteiger partial charge in [0.25, 0.3) is 0 Å². The van der Waals surface area contributed by atoms with Crippen LogP contribution in [-0.4, -0.2) is 31.8 Å². The van der Waals surface area contributed by atoms with E-state index in [-0.39, 0.29) is 11.5 Å². The van der Waals surface area contributed by atoms with E-state index in [1.165, 1.54) is 38.5 Å². The zero-order chi connectivity index (χ0) is 11.4. The molecule has 1 aliphatic carbocycles. The second-order valence-corrected chi connectivity index (χ2v) is 5.85. The van der Waals surface area contributed by atoms with Crippen molar-refractivity contribution in [3.05, 3.63) is 0 Å². The highest BCUT2D eigenvalue weighted by Crippen LogP contribution is 2.27. The molecule has 0 spiro atoms. The molecule has 3 heteroatoms. The van der Waals surface area contributed by atoms with Crippen molar-refractivity contribution in [1.29, 1.82) is 0 Å². The Morgan fingerprint density at radius 3 is 2.50 bits per heavy atom. The van der Waals surface area contributed by atoms with Crippen LogP contribution in [0.2, 0.25) is 0 Å². The molecule has 16 heavy (non-hydrogen) atoms. The quantitative estimate of drug-likeness (QED) is 0.720. The monoisotopic (exact) mass is 226 g/mol. The summed E-state index contributed by atoms with van der Waals surface area (Å²) in [6, 6.07) is 0.915. The van der Waals surface area contributed by atoms with Crippen LogP contribution in [0.3, 0.4) is 0 Å². The van der Waals surface area contributed by atoms with E-state index in [1.807, 2.05) is 0 Å². The van der Waals surface area contributed by atoms with E-state index in [4.69, 9.17) is 10.5 Å². The average Bonchev–Trinajstić information content (AvgIpc) is 2.52. The largest absolute Gasteiger partial charge is 0.379 e. The van der Waals surface area contributed by atoms with Gasteiger partial charge in [0, 0.05) is 24.0 Å².